The summed E-state index contributed by atoms with van der Waals surface area (Å²) >= 11 is 3.08. The van der Waals surface area contributed by atoms with Crippen LogP contribution in [0.15, 0.2) is 47.4 Å². The average Bonchev–Trinajstić information content (AvgIpc) is 2.95. The zero-order valence-electron chi connectivity index (χ0n) is 13.3. The summed E-state index contributed by atoms with van der Waals surface area (Å²) in [6.07, 6.45) is 1.97. The second-order valence-corrected chi connectivity index (χ2v) is 7.43. The number of fused-ring (bicyclic) bond motifs is 1. The minimum Gasteiger partial charge on any atom is -0.298 e. The average molecular weight is 342 g/mol. The molecule has 1 amide bonds. The summed E-state index contributed by atoms with van der Waals surface area (Å²) < 4.78 is 1.10. The topological polar surface area (TPSA) is 42.0 Å². The van der Waals surface area contributed by atoms with Gasteiger partial charge in [-0.1, -0.05) is 43.4 Å². The Morgan fingerprint density at radius 3 is 2.74 bits per heavy atom. The molecule has 2 aromatic carbocycles. The van der Waals surface area contributed by atoms with Crippen LogP contribution in [0.1, 0.15) is 35.7 Å². The number of hydrogen-bond donors (Lipinski definition) is 1. The second kappa shape index (κ2) is 6.72. The van der Waals surface area contributed by atoms with Gasteiger partial charge in [0.25, 0.3) is 5.91 Å². The fraction of sp³-hybridized carbons (Fsp3) is 0.222. The number of thiazole rings is 1. The summed E-state index contributed by atoms with van der Waals surface area (Å²) in [5.74, 6) is 0.367. The lowest BCUT2D eigenvalue weighted by molar-refractivity contribution is 0.102. The number of nitrogens with zero attached hydrogens (tertiary/aromatic N) is 1. The van der Waals surface area contributed by atoms with Crippen LogP contribution in [0.4, 0.5) is 5.13 Å². The molecule has 1 heterocycles. The number of rotatable bonds is 4. The van der Waals surface area contributed by atoms with Gasteiger partial charge >= 0.3 is 0 Å². The third-order valence-electron chi connectivity index (χ3n) is 3.65. The van der Waals surface area contributed by atoms with Crippen molar-refractivity contribution < 1.29 is 4.79 Å². The summed E-state index contributed by atoms with van der Waals surface area (Å²) in [5, 5.41) is 3.57. The van der Waals surface area contributed by atoms with E-state index in [9.17, 15) is 4.79 Å². The summed E-state index contributed by atoms with van der Waals surface area (Å²) in [6.45, 7) is 4.34. The fourth-order valence-corrected chi connectivity index (χ4v) is 3.86. The molecule has 0 aliphatic heterocycles. The minimum absolute atomic E-state index is 0.113. The van der Waals surface area contributed by atoms with Gasteiger partial charge in [0, 0.05) is 4.90 Å². The molecule has 0 fully saturated rings. The van der Waals surface area contributed by atoms with Crippen molar-refractivity contribution in [2.45, 2.75) is 24.7 Å². The van der Waals surface area contributed by atoms with E-state index >= 15 is 0 Å². The number of carbonyl (C=O) groups is 1. The van der Waals surface area contributed by atoms with Crippen molar-refractivity contribution in [1.29, 1.82) is 0 Å². The first-order chi connectivity index (χ1) is 11.1. The molecule has 0 saturated carbocycles. The van der Waals surface area contributed by atoms with Crippen LogP contribution < -0.4 is 5.32 Å². The fourth-order valence-electron chi connectivity index (χ4n) is 2.35. The Balaban J connectivity index is 1.87. The number of benzene rings is 2. The standard InChI is InChI=1S/C18H18N2OS2/c1-11(2)12-8-9-14-16(10-12)23-18(19-14)20-17(21)13-6-4-5-7-15(13)22-3/h4-11H,1-3H3,(H,19,20,21). The molecule has 1 N–H and O–H groups in total. The molecule has 23 heavy (non-hydrogen) atoms. The highest BCUT2D eigenvalue weighted by Crippen LogP contribution is 2.30. The van der Waals surface area contributed by atoms with E-state index in [4.69, 9.17) is 0 Å². The molecular weight excluding hydrogens is 324 g/mol. The van der Waals surface area contributed by atoms with Gasteiger partial charge in [0.05, 0.1) is 15.8 Å². The van der Waals surface area contributed by atoms with Crippen molar-refractivity contribution >= 4 is 44.4 Å². The first-order valence-corrected chi connectivity index (χ1v) is 9.47. The largest absolute Gasteiger partial charge is 0.298 e. The third kappa shape index (κ3) is 3.41. The summed E-state index contributed by atoms with van der Waals surface area (Å²) in [4.78, 5) is 18.0. The lowest BCUT2D eigenvalue weighted by atomic mass is 10.0. The molecule has 0 atom stereocenters. The number of thioether (sulfide) groups is 1. The molecule has 118 valence electrons. The predicted molar refractivity (Wildman–Crippen MR) is 99.9 cm³/mol. The molecule has 3 rings (SSSR count). The molecule has 3 aromatic rings. The van der Waals surface area contributed by atoms with Crippen molar-refractivity contribution in [2.75, 3.05) is 11.6 Å². The first-order valence-electron chi connectivity index (χ1n) is 7.43. The van der Waals surface area contributed by atoms with Crippen LogP contribution in [0.25, 0.3) is 10.2 Å². The van der Waals surface area contributed by atoms with E-state index in [2.05, 4.69) is 36.3 Å². The predicted octanol–water partition coefficient (Wildman–Crippen LogP) is 5.39. The Kier molecular flexibility index (Phi) is 4.68. The van der Waals surface area contributed by atoms with E-state index in [-0.39, 0.29) is 5.91 Å². The van der Waals surface area contributed by atoms with Crippen LogP contribution in [0.3, 0.4) is 0 Å². The van der Waals surface area contributed by atoms with E-state index < -0.39 is 0 Å². The monoisotopic (exact) mass is 342 g/mol. The molecule has 0 bridgehead atoms. The van der Waals surface area contributed by atoms with E-state index in [1.54, 1.807) is 11.8 Å². The lowest BCUT2D eigenvalue weighted by Gasteiger charge is -2.05. The zero-order chi connectivity index (χ0) is 16.4. The van der Waals surface area contributed by atoms with Crippen LogP contribution in [0.5, 0.6) is 0 Å². The van der Waals surface area contributed by atoms with Crippen LogP contribution in [0, 0.1) is 0 Å². The van der Waals surface area contributed by atoms with Gasteiger partial charge in [0.2, 0.25) is 0 Å². The van der Waals surface area contributed by atoms with Crippen LogP contribution in [0.2, 0.25) is 0 Å². The first kappa shape index (κ1) is 16.0. The molecule has 0 saturated heterocycles. The Labute approximate surface area is 144 Å². The van der Waals surface area contributed by atoms with Gasteiger partial charge in [-0.15, -0.1) is 11.8 Å². The smallest absolute Gasteiger partial charge is 0.258 e. The van der Waals surface area contributed by atoms with Crippen molar-refractivity contribution in [3.8, 4) is 0 Å². The molecule has 0 unspecified atom stereocenters. The van der Waals surface area contributed by atoms with Crippen LogP contribution in [-0.4, -0.2) is 17.1 Å². The molecule has 5 heteroatoms. The quantitative estimate of drug-likeness (QED) is 0.646. The Hall–Kier alpha value is -1.85. The van der Waals surface area contributed by atoms with Gasteiger partial charge in [-0.25, -0.2) is 4.98 Å². The van der Waals surface area contributed by atoms with Gasteiger partial charge in [0.15, 0.2) is 5.13 Å². The number of aromatic nitrogens is 1. The Morgan fingerprint density at radius 2 is 2.00 bits per heavy atom. The van der Waals surface area contributed by atoms with Crippen molar-refractivity contribution in [3.63, 3.8) is 0 Å². The number of nitrogens with one attached hydrogen (secondary N) is 1. The van der Waals surface area contributed by atoms with Gasteiger partial charge in [-0.2, -0.15) is 0 Å². The summed E-state index contributed by atoms with van der Waals surface area (Å²) in [6, 6.07) is 13.9. The molecule has 3 nitrogen and oxygen atoms in total. The third-order valence-corrected chi connectivity index (χ3v) is 5.38. The highest BCUT2D eigenvalue weighted by Gasteiger charge is 2.13. The van der Waals surface area contributed by atoms with E-state index in [1.807, 2.05) is 36.6 Å². The molecule has 0 spiro atoms. The summed E-state index contributed by atoms with van der Waals surface area (Å²) in [5.41, 5.74) is 2.89. The highest BCUT2D eigenvalue weighted by atomic mass is 32.2. The molecule has 1 aromatic heterocycles. The Bertz CT molecular complexity index is 855. The number of hydrogen-bond acceptors (Lipinski definition) is 4. The van der Waals surface area contributed by atoms with Gasteiger partial charge in [0.1, 0.15) is 0 Å². The van der Waals surface area contributed by atoms with Crippen molar-refractivity contribution in [1.82, 2.24) is 4.98 Å². The number of anilines is 1. The second-order valence-electron chi connectivity index (χ2n) is 5.56. The van der Waals surface area contributed by atoms with Gasteiger partial charge in [-0.05, 0) is 42.0 Å². The maximum atomic E-state index is 12.5. The van der Waals surface area contributed by atoms with Gasteiger partial charge in [-0.3, -0.25) is 10.1 Å². The van der Waals surface area contributed by atoms with Crippen molar-refractivity contribution in [2.24, 2.45) is 0 Å². The Morgan fingerprint density at radius 1 is 1.22 bits per heavy atom. The molecule has 0 aliphatic carbocycles. The van der Waals surface area contributed by atoms with Crippen LogP contribution in [-0.2, 0) is 0 Å². The van der Waals surface area contributed by atoms with E-state index in [0.717, 1.165) is 15.1 Å². The van der Waals surface area contributed by atoms with Gasteiger partial charge < -0.3 is 0 Å². The highest BCUT2D eigenvalue weighted by molar-refractivity contribution is 7.98. The molecule has 0 radical (unpaired) electrons. The summed E-state index contributed by atoms with van der Waals surface area (Å²) in [7, 11) is 0. The normalized spacial score (nSPS) is 11.1. The van der Waals surface area contributed by atoms with E-state index in [1.165, 1.54) is 16.9 Å². The molecule has 0 aliphatic rings. The maximum Gasteiger partial charge on any atom is 0.258 e. The van der Waals surface area contributed by atoms with E-state index in [0.29, 0.717) is 16.6 Å². The minimum atomic E-state index is -0.113. The van der Waals surface area contributed by atoms with Crippen molar-refractivity contribution in [3.05, 3.63) is 53.6 Å². The SMILES string of the molecule is CSc1ccccc1C(=O)Nc1nc2ccc(C(C)C)cc2s1. The maximum absolute atomic E-state index is 12.5. The number of amides is 1. The van der Waals surface area contributed by atoms with Crippen LogP contribution >= 0.6 is 23.1 Å². The zero-order valence-corrected chi connectivity index (χ0v) is 14.9. The number of carbonyl (C=O) groups excluding carboxylic acids is 1. The lowest BCUT2D eigenvalue weighted by Crippen LogP contribution is -2.12. The molecular formula is C18H18N2OS2.